The van der Waals surface area contributed by atoms with Crippen molar-refractivity contribution in [3.63, 3.8) is 0 Å². The van der Waals surface area contributed by atoms with Crippen molar-refractivity contribution in [2.75, 3.05) is 17.2 Å². The molecule has 2 aromatic rings. The third kappa shape index (κ3) is 5.33. The zero-order chi connectivity index (χ0) is 19.2. The van der Waals surface area contributed by atoms with Crippen LogP contribution in [0, 0.1) is 23.0 Å². The summed E-state index contributed by atoms with van der Waals surface area (Å²) in [5, 5.41) is 17.5. The fourth-order valence-electron chi connectivity index (χ4n) is 3.23. The van der Waals surface area contributed by atoms with Crippen molar-refractivity contribution in [2.45, 2.75) is 45.2 Å². The predicted octanol–water partition coefficient (Wildman–Crippen LogP) is 2.63. The van der Waals surface area contributed by atoms with Crippen molar-refractivity contribution >= 4 is 17.5 Å². The Morgan fingerprint density at radius 3 is 2.70 bits per heavy atom. The SMILES string of the molecule is Cc1cccc(CNc2ncc([N+](=O)[O-])c(NCC3CCC(N)CC3)n2)n1. The highest BCUT2D eigenvalue weighted by Gasteiger charge is 2.21. The van der Waals surface area contributed by atoms with Gasteiger partial charge in [-0.25, -0.2) is 4.98 Å². The summed E-state index contributed by atoms with van der Waals surface area (Å²) in [6.07, 6.45) is 5.27. The summed E-state index contributed by atoms with van der Waals surface area (Å²) in [6, 6.07) is 6.03. The van der Waals surface area contributed by atoms with Crippen LogP contribution in [0.4, 0.5) is 17.5 Å². The summed E-state index contributed by atoms with van der Waals surface area (Å²) >= 11 is 0. The number of nitro groups is 1. The van der Waals surface area contributed by atoms with E-state index in [4.69, 9.17) is 5.73 Å². The maximum atomic E-state index is 11.3. The lowest BCUT2D eigenvalue weighted by molar-refractivity contribution is -0.384. The summed E-state index contributed by atoms with van der Waals surface area (Å²) in [7, 11) is 0. The first kappa shape index (κ1) is 19.0. The van der Waals surface area contributed by atoms with Crippen LogP contribution in [0.1, 0.15) is 37.1 Å². The van der Waals surface area contributed by atoms with Crippen molar-refractivity contribution in [3.05, 3.63) is 45.9 Å². The van der Waals surface area contributed by atoms with E-state index in [-0.39, 0.29) is 17.5 Å². The van der Waals surface area contributed by atoms with Crippen LogP contribution in [0.2, 0.25) is 0 Å². The molecule has 144 valence electrons. The number of nitrogens with zero attached hydrogens (tertiary/aromatic N) is 4. The first-order valence-corrected chi connectivity index (χ1v) is 9.18. The van der Waals surface area contributed by atoms with E-state index in [1.54, 1.807) is 0 Å². The number of aromatic nitrogens is 3. The molecule has 9 heteroatoms. The van der Waals surface area contributed by atoms with Crippen LogP contribution in [-0.4, -0.2) is 32.5 Å². The molecule has 1 aliphatic rings. The monoisotopic (exact) mass is 371 g/mol. The average Bonchev–Trinajstić information content (AvgIpc) is 2.66. The quantitative estimate of drug-likeness (QED) is 0.500. The van der Waals surface area contributed by atoms with Crippen LogP contribution in [0.25, 0.3) is 0 Å². The van der Waals surface area contributed by atoms with Crippen LogP contribution in [0.3, 0.4) is 0 Å². The Bertz CT molecular complexity index is 791. The maximum absolute atomic E-state index is 11.3. The number of anilines is 2. The molecule has 0 radical (unpaired) electrons. The van der Waals surface area contributed by atoms with Gasteiger partial charge in [-0.1, -0.05) is 6.07 Å². The first-order valence-electron chi connectivity index (χ1n) is 9.18. The lowest BCUT2D eigenvalue weighted by atomic mass is 9.86. The largest absolute Gasteiger partial charge is 0.364 e. The van der Waals surface area contributed by atoms with E-state index in [1.165, 1.54) is 6.20 Å². The van der Waals surface area contributed by atoms with Crippen molar-refractivity contribution in [1.82, 2.24) is 15.0 Å². The van der Waals surface area contributed by atoms with Crippen LogP contribution in [0.5, 0.6) is 0 Å². The van der Waals surface area contributed by atoms with Gasteiger partial charge in [0.2, 0.25) is 11.8 Å². The van der Waals surface area contributed by atoms with E-state index in [9.17, 15) is 10.1 Å². The Hall–Kier alpha value is -2.81. The molecule has 0 unspecified atom stereocenters. The van der Waals surface area contributed by atoms with E-state index < -0.39 is 4.92 Å². The zero-order valence-electron chi connectivity index (χ0n) is 15.4. The van der Waals surface area contributed by atoms with Crippen LogP contribution >= 0.6 is 0 Å². The Balaban J connectivity index is 1.65. The molecule has 3 rings (SSSR count). The molecule has 0 amide bonds. The Morgan fingerprint density at radius 2 is 2.00 bits per heavy atom. The summed E-state index contributed by atoms with van der Waals surface area (Å²) in [4.78, 5) is 23.6. The molecule has 0 atom stereocenters. The highest BCUT2D eigenvalue weighted by molar-refractivity contribution is 5.57. The molecule has 4 N–H and O–H groups in total. The van der Waals surface area contributed by atoms with Crippen molar-refractivity contribution in [2.24, 2.45) is 11.7 Å². The minimum atomic E-state index is -0.467. The van der Waals surface area contributed by atoms with Gasteiger partial charge in [0.15, 0.2) is 0 Å². The van der Waals surface area contributed by atoms with Gasteiger partial charge in [-0.2, -0.15) is 4.98 Å². The minimum Gasteiger partial charge on any atom is -0.364 e. The van der Waals surface area contributed by atoms with E-state index in [0.717, 1.165) is 37.1 Å². The normalized spacial score (nSPS) is 19.5. The first-order chi connectivity index (χ1) is 13.0. The molecule has 0 aromatic carbocycles. The maximum Gasteiger partial charge on any atom is 0.329 e. The molecular weight excluding hydrogens is 346 g/mol. The Kier molecular flexibility index (Phi) is 6.12. The molecule has 1 fully saturated rings. The van der Waals surface area contributed by atoms with Crippen LogP contribution in [0.15, 0.2) is 24.4 Å². The van der Waals surface area contributed by atoms with Gasteiger partial charge in [-0.05, 0) is 50.7 Å². The standard InChI is InChI=1S/C18H25N7O2/c1-12-3-2-4-15(23-12)10-21-18-22-11-16(25(26)27)17(24-18)20-9-13-5-7-14(19)8-6-13/h2-4,11,13-14H,5-10,19H2,1H3,(H2,20,21,22,24). The van der Waals surface area contributed by atoms with Gasteiger partial charge in [-0.3, -0.25) is 15.1 Å². The number of pyridine rings is 1. The van der Waals surface area contributed by atoms with E-state index in [2.05, 4.69) is 25.6 Å². The predicted molar refractivity (Wildman–Crippen MR) is 103 cm³/mol. The molecule has 0 saturated heterocycles. The van der Waals surface area contributed by atoms with Gasteiger partial charge < -0.3 is 16.4 Å². The summed E-state index contributed by atoms with van der Waals surface area (Å²) in [6.45, 7) is 3.01. The minimum absolute atomic E-state index is 0.123. The van der Waals surface area contributed by atoms with Gasteiger partial charge in [-0.15, -0.1) is 0 Å². The van der Waals surface area contributed by atoms with Gasteiger partial charge in [0, 0.05) is 18.3 Å². The third-order valence-corrected chi connectivity index (χ3v) is 4.79. The van der Waals surface area contributed by atoms with Crippen molar-refractivity contribution in [1.29, 1.82) is 0 Å². The Labute approximate surface area is 158 Å². The van der Waals surface area contributed by atoms with Gasteiger partial charge in [0.1, 0.15) is 6.20 Å². The topological polar surface area (TPSA) is 132 Å². The second-order valence-corrected chi connectivity index (χ2v) is 6.97. The number of hydrogen-bond donors (Lipinski definition) is 3. The van der Waals surface area contributed by atoms with Gasteiger partial charge in [0.25, 0.3) is 0 Å². The molecule has 0 spiro atoms. The molecule has 27 heavy (non-hydrogen) atoms. The van der Waals surface area contributed by atoms with Gasteiger partial charge in [0.05, 0.1) is 17.2 Å². The lowest BCUT2D eigenvalue weighted by Crippen LogP contribution is -2.29. The summed E-state index contributed by atoms with van der Waals surface area (Å²) in [5.74, 6) is 1.02. The average molecular weight is 371 g/mol. The van der Waals surface area contributed by atoms with Crippen molar-refractivity contribution in [3.8, 4) is 0 Å². The second-order valence-electron chi connectivity index (χ2n) is 6.97. The number of nitrogens with two attached hydrogens (primary N) is 1. The van der Waals surface area contributed by atoms with E-state index >= 15 is 0 Å². The van der Waals surface area contributed by atoms with E-state index in [1.807, 2.05) is 25.1 Å². The molecular formula is C18H25N7O2. The highest BCUT2D eigenvalue weighted by Crippen LogP contribution is 2.26. The number of aryl methyl sites for hydroxylation is 1. The molecule has 1 saturated carbocycles. The van der Waals surface area contributed by atoms with Crippen molar-refractivity contribution < 1.29 is 4.92 Å². The molecule has 2 aromatic heterocycles. The zero-order valence-corrected chi connectivity index (χ0v) is 15.4. The van der Waals surface area contributed by atoms with Crippen LogP contribution in [-0.2, 0) is 6.54 Å². The van der Waals surface area contributed by atoms with Crippen LogP contribution < -0.4 is 16.4 Å². The lowest BCUT2D eigenvalue weighted by Gasteiger charge is -2.26. The summed E-state index contributed by atoms with van der Waals surface area (Å²) < 4.78 is 0. The number of nitrogens with one attached hydrogen (secondary N) is 2. The molecule has 0 bridgehead atoms. The molecule has 1 aliphatic carbocycles. The number of hydrogen-bond acceptors (Lipinski definition) is 8. The molecule has 9 nitrogen and oxygen atoms in total. The second kappa shape index (κ2) is 8.72. The molecule has 2 heterocycles. The smallest absolute Gasteiger partial charge is 0.329 e. The fraction of sp³-hybridized carbons (Fsp3) is 0.500. The number of rotatable bonds is 7. The third-order valence-electron chi connectivity index (χ3n) is 4.79. The fourth-order valence-corrected chi connectivity index (χ4v) is 3.23. The highest BCUT2D eigenvalue weighted by atomic mass is 16.6. The summed E-state index contributed by atoms with van der Waals surface area (Å²) in [5.41, 5.74) is 7.59. The molecule has 0 aliphatic heterocycles. The Morgan fingerprint density at radius 1 is 1.22 bits per heavy atom. The van der Waals surface area contributed by atoms with Gasteiger partial charge >= 0.3 is 5.69 Å². The van der Waals surface area contributed by atoms with E-state index in [0.29, 0.717) is 25.0 Å².